The maximum Gasteiger partial charge on any atom is 0.409 e. The van der Waals surface area contributed by atoms with E-state index in [1.165, 1.54) is 0 Å². The Morgan fingerprint density at radius 2 is 2.26 bits per heavy atom. The summed E-state index contributed by atoms with van der Waals surface area (Å²) < 4.78 is 10.5. The molecule has 0 radical (unpaired) electrons. The van der Waals surface area contributed by atoms with E-state index >= 15 is 0 Å². The van der Waals surface area contributed by atoms with E-state index < -0.39 is 0 Å². The van der Waals surface area contributed by atoms with Gasteiger partial charge in [-0.2, -0.15) is 0 Å². The minimum atomic E-state index is -0.223. The molecule has 2 aromatic rings. The largest absolute Gasteiger partial charge is 0.469 e. The first-order valence-corrected chi connectivity index (χ1v) is 11.4. The van der Waals surface area contributed by atoms with Crippen molar-refractivity contribution in [1.82, 2.24) is 20.5 Å². The average Bonchev–Trinajstić information content (AvgIpc) is 3.46. The van der Waals surface area contributed by atoms with Gasteiger partial charge < -0.3 is 24.7 Å². The predicted molar refractivity (Wildman–Crippen MR) is 133 cm³/mol. The lowest BCUT2D eigenvalue weighted by Gasteiger charge is -2.32. The van der Waals surface area contributed by atoms with Crippen molar-refractivity contribution in [2.45, 2.75) is 45.1 Å². The highest BCUT2D eigenvalue weighted by molar-refractivity contribution is 14.0. The van der Waals surface area contributed by atoms with Crippen LogP contribution in [0, 0.1) is 0 Å². The Morgan fingerprint density at radius 1 is 1.45 bits per heavy atom. The second-order valence-corrected chi connectivity index (χ2v) is 8.25. The van der Waals surface area contributed by atoms with Crippen molar-refractivity contribution in [3.8, 4) is 0 Å². The maximum atomic E-state index is 11.9. The van der Waals surface area contributed by atoms with Gasteiger partial charge in [0, 0.05) is 49.6 Å². The van der Waals surface area contributed by atoms with Crippen molar-refractivity contribution in [2.24, 2.45) is 4.99 Å². The number of nitrogens with one attached hydrogen (secondary N) is 2. The van der Waals surface area contributed by atoms with E-state index in [0.29, 0.717) is 26.2 Å². The van der Waals surface area contributed by atoms with Gasteiger partial charge >= 0.3 is 6.09 Å². The van der Waals surface area contributed by atoms with Crippen LogP contribution in [-0.4, -0.2) is 60.8 Å². The summed E-state index contributed by atoms with van der Waals surface area (Å²) in [4.78, 5) is 22.9. The van der Waals surface area contributed by atoms with Gasteiger partial charge in [0.2, 0.25) is 0 Å². The van der Waals surface area contributed by atoms with Gasteiger partial charge in [0.1, 0.15) is 5.76 Å². The number of aliphatic imine (C=N–C) groups is 1. The molecule has 8 nitrogen and oxygen atoms in total. The van der Waals surface area contributed by atoms with E-state index in [0.717, 1.165) is 42.5 Å². The molecular weight excluding hydrogens is 529 g/mol. The van der Waals surface area contributed by atoms with Crippen LogP contribution in [-0.2, 0) is 11.2 Å². The Morgan fingerprint density at radius 3 is 2.90 bits per heavy atom. The average molecular weight is 561 g/mol. The number of halogens is 1. The molecule has 1 aliphatic heterocycles. The number of hydrogen-bond acceptors (Lipinski definition) is 6. The topological polar surface area (TPSA) is 92.0 Å². The van der Waals surface area contributed by atoms with Crippen LogP contribution in [0.25, 0.3) is 0 Å². The summed E-state index contributed by atoms with van der Waals surface area (Å²) >= 11 is 1.66. The molecule has 1 atom stereocenters. The molecule has 2 N–H and O–H groups in total. The molecule has 1 aliphatic rings. The number of thiazole rings is 1. The lowest BCUT2D eigenvalue weighted by molar-refractivity contribution is 0.0963. The molecule has 1 unspecified atom stereocenters. The second kappa shape index (κ2) is 13.6. The number of amides is 1. The van der Waals surface area contributed by atoms with Crippen LogP contribution in [0.2, 0.25) is 0 Å². The first-order valence-electron chi connectivity index (χ1n) is 10.5. The molecule has 3 rings (SSSR count). The molecule has 1 saturated heterocycles. The number of ether oxygens (including phenoxy) is 1. The number of aromatic nitrogens is 1. The van der Waals surface area contributed by atoms with E-state index in [-0.39, 0.29) is 42.0 Å². The van der Waals surface area contributed by atoms with Gasteiger partial charge in [-0.1, -0.05) is 6.92 Å². The molecule has 0 bridgehead atoms. The van der Waals surface area contributed by atoms with Crippen LogP contribution in [0.3, 0.4) is 0 Å². The van der Waals surface area contributed by atoms with Crippen LogP contribution in [0.15, 0.2) is 39.4 Å². The number of likely N-dealkylation sites (tertiary alicyclic amines) is 1. The Hall–Kier alpha value is -1.82. The third-order valence-electron chi connectivity index (χ3n) is 5.00. The zero-order chi connectivity index (χ0) is 21.2. The summed E-state index contributed by atoms with van der Waals surface area (Å²) in [6.45, 7) is 7.14. The van der Waals surface area contributed by atoms with Gasteiger partial charge in [0.15, 0.2) is 5.96 Å². The van der Waals surface area contributed by atoms with Crippen molar-refractivity contribution in [1.29, 1.82) is 0 Å². The zero-order valence-electron chi connectivity index (χ0n) is 18.1. The third-order valence-corrected chi connectivity index (χ3v) is 6.01. The normalized spacial score (nSPS) is 15.8. The van der Waals surface area contributed by atoms with E-state index in [4.69, 9.17) is 14.1 Å². The summed E-state index contributed by atoms with van der Waals surface area (Å²) in [5.74, 6) is 2.00. The minimum Gasteiger partial charge on any atom is -0.469 e. The smallest absolute Gasteiger partial charge is 0.409 e. The summed E-state index contributed by atoms with van der Waals surface area (Å²) in [5.41, 5.74) is 0. The molecule has 1 amide bonds. The minimum absolute atomic E-state index is 0. The molecule has 172 valence electrons. The number of rotatable bonds is 8. The molecule has 3 heterocycles. The monoisotopic (exact) mass is 561 g/mol. The molecule has 10 heteroatoms. The molecule has 0 saturated carbocycles. The number of hydrogen-bond donors (Lipinski definition) is 2. The second-order valence-electron chi connectivity index (χ2n) is 7.32. The first kappa shape index (κ1) is 25.4. The van der Waals surface area contributed by atoms with Gasteiger partial charge in [-0.3, -0.25) is 4.99 Å². The first-order chi connectivity index (χ1) is 14.7. The summed E-state index contributed by atoms with van der Waals surface area (Å²) in [6.07, 6.45) is 5.81. The molecule has 0 spiro atoms. The van der Waals surface area contributed by atoms with Crippen LogP contribution in [0.1, 0.15) is 43.4 Å². The highest BCUT2D eigenvalue weighted by Crippen LogP contribution is 2.17. The van der Waals surface area contributed by atoms with Gasteiger partial charge in [-0.25, -0.2) is 9.78 Å². The predicted octanol–water partition coefficient (Wildman–Crippen LogP) is 3.86. The molecule has 2 aromatic heterocycles. The van der Waals surface area contributed by atoms with Crippen molar-refractivity contribution in [3.05, 3.63) is 40.7 Å². The highest BCUT2D eigenvalue weighted by Gasteiger charge is 2.24. The van der Waals surface area contributed by atoms with E-state index in [9.17, 15) is 4.79 Å². The van der Waals surface area contributed by atoms with Crippen molar-refractivity contribution < 1.29 is 13.9 Å². The fourth-order valence-electron chi connectivity index (χ4n) is 3.31. The highest BCUT2D eigenvalue weighted by atomic mass is 127. The maximum absolute atomic E-state index is 11.9. The Balaban J connectivity index is 0.00000341. The number of carbonyl (C=O) groups excluding carboxylic acids is 1. The van der Waals surface area contributed by atoms with Crippen LogP contribution in [0.4, 0.5) is 4.79 Å². The van der Waals surface area contributed by atoms with Crippen LogP contribution >= 0.6 is 35.3 Å². The quantitative estimate of drug-likeness (QED) is 0.289. The molecule has 31 heavy (non-hydrogen) atoms. The van der Waals surface area contributed by atoms with Crippen molar-refractivity contribution in [3.63, 3.8) is 0 Å². The van der Waals surface area contributed by atoms with Gasteiger partial charge in [0.05, 0.1) is 24.4 Å². The number of carbonyl (C=O) groups is 1. The number of piperidine rings is 1. The van der Waals surface area contributed by atoms with Gasteiger partial charge in [-0.15, -0.1) is 35.3 Å². The fraction of sp³-hybridized carbons (Fsp3) is 0.571. The van der Waals surface area contributed by atoms with Crippen LogP contribution < -0.4 is 10.6 Å². The van der Waals surface area contributed by atoms with E-state index in [1.54, 1.807) is 22.5 Å². The standard InChI is InChI=1S/C21H31N5O3S.HI/c1-3-28-21(27)26-11-7-17(8-12-26)25-20(23-9-6-18-5-4-13-29-18)24-15-16(2)19-22-10-14-30-19;/h4-5,10,13-14,16-17H,3,6-9,11-12,15H2,1-2H3,(H2,23,24,25);1H. The number of nitrogens with zero attached hydrogens (tertiary/aromatic N) is 3. The fourth-order valence-corrected chi connectivity index (χ4v) is 4.00. The molecule has 1 fully saturated rings. The Bertz CT molecular complexity index is 777. The van der Waals surface area contributed by atoms with Gasteiger partial charge in [0.25, 0.3) is 0 Å². The van der Waals surface area contributed by atoms with Crippen LogP contribution in [0.5, 0.6) is 0 Å². The third kappa shape index (κ3) is 8.32. The number of guanidine groups is 1. The zero-order valence-corrected chi connectivity index (χ0v) is 21.2. The molecule has 0 aromatic carbocycles. The van der Waals surface area contributed by atoms with Gasteiger partial charge in [-0.05, 0) is 31.9 Å². The Kier molecular flexibility index (Phi) is 11.1. The number of furan rings is 1. The summed E-state index contributed by atoms with van der Waals surface area (Å²) in [5, 5.41) is 10.0. The van der Waals surface area contributed by atoms with E-state index in [2.05, 4.69) is 22.5 Å². The van der Waals surface area contributed by atoms with Crippen molar-refractivity contribution >= 4 is 47.4 Å². The summed E-state index contributed by atoms with van der Waals surface area (Å²) in [7, 11) is 0. The molecule has 0 aliphatic carbocycles. The summed E-state index contributed by atoms with van der Waals surface area (Å²) in [6, 6.07) is 4.14. The van der Waals surface area contributed by atoms with Crippen molar-refractivity contribution in [2.75, 3.05) is 32.8 Å². The lowest BCUT2D eigenvalue weighted by atomic mass is 10.1. The lowest BCUT2D eigenvalue weighted by Crippen LogP contribution is -2.50. The Labute approximate surface area is 204 Å². The van der Waals surface area contributed by atoms with E-state index in [1.807, 2.05) is 30.6 Å². The molecular formula is C21H32IN5O3S. The SMILES string of the molecule is CCOC(=O)N1CCC(NC(=NCC(C)c2nccs2)NCCc2ccco2)CC1.I.